The van der Waals surface area contributed by atoms with Gasteiger partial charge in [-0.3, -0.25) is 4.79 Å². The number of carbonyl (C=O) groups excluding carboxylic acids is 2. The zero-order valence-corrected chi connectivity index (χ0v) is 9.27. The predicted molar refractivity (Wildman–Crippen MR) is 55.4 cm³/mol. The Bertz CT molecular complexity index is 286. The fourth-order valence-electron chi connectivity index (χ4n) is 1.90. The Morgan fingerprint density at radius 1 is 1.33 bits per heavy atom. The van der Waals surface area contributed by atoms with Gasteiger partial charge in [0.15, 0.2) is 0 Å². The van der Waals surface area contributed by atoms with Crippen molar-refractivity contribution in [2.45, 2.75) is 18.9 Å². The molecule has 0 atom stereocenters. The molecule has 0 bridgehead atoms. The molecule has 0 unspecified atom stereocenters. The maximum atomic E-state index is 11.7. The molecule has 1 heterocycles. The average molecular weight is 211 g/mol. The van der Waals surface area contributed by atoms with Crippen LogP contribution in [-0.4, -0.2) is 66.4 Å². The monoisotopic (exact) mass is 211 g/mol. The highest BCUT2D eigenvalue weighted by Crippen LogP contribution is 2.28. The van der Waals surface area contributed by atoms with Crippen LogP contribution in [0.1, 0.15) is 12.8 Å². The van der Waals surface area contributed by atoms with E-state index in [1.165, 1.54) is 4.90 Å². The van der Waals surface area contributed by atoms with Gasteiger partial charge < -0.3 is 14.7 Å². The summed E-state index contributed by atoms with van der Waals surface area (Å²) in [6.45, 7) is 1.61. The van der Waals surface area contributed by atoms with Gasteiger partial charge in [-0.2, -0.15) is 0 Å². The lowest BCUT2D eigenvalue weighted by molar-refractivity contribution is -0.135. The predicted octanol–water partition coefficient (Wildman–Crippen LogP) is -0.0254. The zero-order valence-electron chi connectivity index (χ0n) is 9.27. The van der Waals surface area contributed by atoms with Gasteiger partial charge in [0.1, 0.15) is 6.54 Å². The summed E-state index contributed by atoms with van der Waals surface area (Å²) in [4.78, 5) is 28.4. The quantitative estimate of drug-likeness (QED) is 0.611. The zero-order chi connectivity index (χ0) is 11.0. The van der Waals surface area contributed by atoms with E-state index in [1.54, 1.807) is 19.0 Å². The van der Waals surface area contributed by atoms with Gasteiger partial charge in [-0.25, -0.2) is 4.79 Å². The van der Waals surface area contributed by atoms with Gasteiger partial charge in [-0.1, -0.05) is 0 Å². The summed E-state index contributed by atoms with van der Waals surface area (Å²) >= 11 is 0. The third-order valence-electron chi connectivity index (χ3n) is 2.90. The Morgan fingerprint density at radius 3 is 2.47 bits per heavy atom. The molecule has 0 aromatic heterocycles. The molecule has 5 nitrogen and oxygen atoms in total. The van der Waals surface area contributed by atoms with Crippen molar-refractivity contribution in [1.82, 2.24) is 14.7 Å². The van der Waals surface area contributed by atoms with Crippen LogP contribution in [0.3, 0.4) is 0 Å². The first kappa shape index (κ1) is 10.3. The lowest BCUT2D eigenvalue weighted by atomic mass is 10.3. The van der Waals surface area contributed by atoms with Crippen molar-refractivity contribution in [3.8, 4) is 0 Å². The fourth-order valence-corrected chi connectivity index (χ4v) is 1.90. The van der Waals surface area contributed by atoms with E-state index < -0.39 is 0 Å². The molecule has 1 saturated heterocycles. The highest BCUT2D eigenvalue weighted by atomic mass is 16.2. The van der Waals surface area contributed by atoms with Gasteiger partial charge in [-0.05, 0) is 12.8 Å². The summed E-state index contributed by atoms with van der Waals surface area (Å²) in [7, 11) is 3.42. The van der Waals surface area contributed by atoms with Crippen molar-refractivity contribution in [3.63, 3.8) is 0 Å². The van der Waals surface area contributed by atoms with Crippen LogP contribution in [0.4, 0.5) is 4.79 Å². The highest BCUT2D eigenvalue weighted by molar-refractivity contribution is 5.85. The van der Waals surface area contributed by atoms with Crippen LogP contribution >= 0.6 is 0 Å². The van der Waals surface area contributed by atoms with Gasteiger partial charge in [-0.15, -0.1) is 0 Å². The minimum Gasteiger partial charge on any atom is -0.336 e. The molecule has 2 aliphatic rings. The molecule has 1 aliphatic carbocycles. The van der Waals surface area contributed by atoms with Crippen LogP contribution in [0.25, 0.3) is 0 Å². The summed E-state index contributed by atoms with van der Waals surface area (Å²) in [5, 5.41) is 0. The smallest absolute Gasteiger partial charge is 0.320 e. The molecule has 0 spiro atoms. The van der Waals surface area contributed by atoms with E-state index in [4.69, 9.17) is 0 Å². The Kier molecular flexibility index (Phi) is 2.54. The first-order valence-corrected chi connectivity index (χ1v) is 5.35. The van der Waals surface area contributed by atoms with E-state index in [2.05, 4.69) is 0 Å². The Morgan fingerprint density at radius 2 is 2.00 bits per heavy atom. The third kappa shape index (κ3) is 2.06. The van der Waals surface area contributed by atoms with Gasteiger partial charge in [0.2, 0.25) is 5.91 Å². The van der Waals surface area contributed by atoms with Crippen molar-refractivity contribution in [3.05, 3.63) is 0 Å². The van der Waals surface area contributed by atoms with E-state index in [0.29, 0.717) is 19.1 Å². The lowest BCUT2D eigenvalue weighted by Gasteiger charge is -2.35. The standard InChI is InChI=1S/C10H17N3O2/c1-11(2)10(15)12-5-6-13(8-3-4-8)9(14)7-12/h8H,3-7H2,1-2H3. The Hall–Kier alpha value is -1.26. The topological polar surface area (TPSA) is 43.9 Å². The number of hydrogen-bond donors (Lipinski definition) is 0. The van der Waals surface area contributed by atoms with Crippen molar-refractivity contribution in [1.29, 1.82) is 0 Å². The van der Waals surface area contributed by atoms with E-state index in [-0.39, 0.29) is 18.5 Å². The van der Waals surface area contributed by atoms with Crippen molar-refractivity contribution < 1.29 is 9.59 Å². The highest BCUT2D eigenvalue weighted by Gasteiger charge is 2.36. The third-order valence-corrected chi connectivity index (χ3v) is 2.90. The van der Waals surface area contributed by atoms with Crippen LogP contribution < -0.4 is 0 Å². The van der Waals surface area contributed by atoms with Crippen LogP contribution in [0.15, 0.2) is 0 Å². The maximum Gasteiger partial charge on any atom is 0.320 e. The van der Waals surface area contributed by atoms with Gasteiger partial charge in [0, 0.05) is 33.2 Å². The number of carbonyl (C=O) groups is 2. The summed E-state index contributed by atoms with van der Waals surface area (Å²) in [5.41, 5.74) is 0. The minimum absolute atomic E-state index is 0.0706. The molecular formula is C10H17N3O2. The lowest BCUT2D eigenvalue weighted by Crippen LogP contribution is -2.54. The van der Waals surface area contributed by atoms with Crippen LogP contribution in [-0.2, 0) is 4.79 Å². The Balaban J connectivity index is 1.93. The van der Waals surface area contributed by atoms with E-state index >= 15 is 0 Å². The van der Waals surface area contributed by atoms with Crippen molar-refractivity contribution in [2.75, 3.05) is 33.7 Å². The summed E-state index contributed by atoms with van der Waals surface area (Å²) in [5.74, 6) is 0.0963. The SMILES string of the molecule is CN(C)C(=O)N1CCN(C2CC2)C(=O)C1. The summed E-state index contributed by atoms with van der Waals surface area (Å²) in [6, 6.07) is 0.396. The molecule has 1 aliphatic heterocycles. The number of hydrogen-bond acceptors (Lipinski definition) is 2. The van der Waals surface area contributed by atoms with E-state index in [9.17, 15) is 9.59 Å². The second-order valence-electron chi connectivity index (χ2n) is 4.42. The fraction of sp³-hybridized carbons (Fsp3) is 0.800. The molecule has 3 amide bonds. The van der Waals surface area contributed by atoms with Gasteiger partial charge >= 0.3 is 6.03 Å². The van der Waals surface area contributed by atoms with Gasteiger partial charge in [0.05, 0.1) is 0 Å². The number of rotatable bonds is 1. The van der Waals surface area contributed by atoms with Crippen molar-refractivity contribution >= 4 is 11.9 Å². The molecule has 0 aromatic carbocycles. The molecule has 0 N–H and O–H groups in total. The average Bonchev–Trinajstić information content (AvgIpc) is 3.00. The molecule has 1 saturated carbocycles. The molecule has 84 valence electrons. The largest absolute Gasteiger partial charge is 0.336 e. The van der Waals surface area contributed by atoms with Crippen LogP contribution in [0, 0.1) is 0 Å². The number of amides is 3. The summed E-state index contributed by atoms with van der Waals surface area (Å²) in [6.07, 6.45) is 2.26. The maximum absolute atomic E-state index is 11.7. The summed E-state index contributed by atoms with van der Waals surface area (Å²) < 4.78 is 0. The number of piperazine rings is 1. The molecule has 15 heavy (non-hydrogen) atoms. The first-order valence-electron chi connectivity index (χ1n) is 5.35. The molecule has 2 fully saturated rings. The van der Waals surface area contributed by atoms with Crippen LogP contribution in [0.2, 0.25) is 0 Å². The number of nitrogens with zero attached hydrogens (tertiary/aromatic N) is 3. The van der Waals surface area contributed by atoms with Gasteiger partial charge in [0.25, 0.3) is 0 Å². The molecule has 5 heteroatoms. The molecule has 0 radical (unpaired) electrons. The molecule has 0 aromatic rings. The second kappa shape index (κ2) is 3.72. The number of urea groups is 1. The minimum atomic E-state index is -0.0706. The van der Waals surface area contributed by atoms with E-state index in [1.807, 2.05) is 4.90 Å². The van der Waals surface area contributed by atoms with Crippen molar-refractivity contribution in [2.24, 2.45) is 0 Å². The van der Waals surface area contributed by atoms with Crippen LogP contribution in [0.5, 0.6) is 0 Å². The van der Waals surface area contributed by atoms with E-state index in [0.717, 1.165) is 12.8 Å². The normalized spacial score (nSPS) is 21.9. The molecule has 2 rings (SSSR count). The first-order chi connectivity index (χ1) is 7.09. The molecular weight excluding hydrogens is 194 g/mol. The second-order valence-corrected chi connectivity index (χ2v) is 4.42. The Labute approximate surface area is 89.6 Å².